The fourth-order valence-electron chi connectivity index (χ4n) is 1.79. The Morgan fingerprint density at radius 2 is 2.12 bits per heavy atom. The summed E-state index contributed by atoms with van der Waals surface area (Å²) >= 11 is 0. The number of ketones is 1. The van der Waals surface area contributed by atoms with E-state index in [0.29, 0.717) is 12.2 Å². The Balaban J connectivity index is 2.00. The Labute approximate surface area is 101 Å². The molecule has 1 heterocycles. The molecule has 0 aliphatic carbocycles. The molecule has 1 aliphatic heterocycles. The molecule has 17 heavy (non-hydrogen) atoms. The van der Waals surface area contributed by atoms with Crippen LogP contribution in [0.1, 0.15) is 12.5 Å². The van der Waals surface area contributed by atoms with Crippen molar-refractivity contribution in [2.45, 2.75) is 19.4 Å². The van der Waals surface area contributed by atoms with Crippen molar-refractivity contribution in [3.05, 3.63) is 29.8 Å². The monoisotopic (exact) mass is 254 g/mol. The average molecular weight is 254 g/mol. The third kappa shape index (κ3) is 3.30. The molecule has 1 saturated heterocycles. The lowest BCUT2D eigenvalue weighted by Gasteiger charge is -2.26. The second kappa shape index (κ2) is 4.49. The number of Topliss-reactive ketones (excluding diaryl/α,β-unsaturated/α-hetero) is 1. The van der Waals surface area contributed by atoms with Crippen molar-refractivity contribution in [3.8, 4) is 5.75 Å². The molecule has 0 saturated carbocycles. The zero-order valence-corrected chi connectivity index (χ0v) is 10.4. The smallest absolute Gasteiger partial charge is 0.157 e. The SMILES string of the molecule is CC(=O)Cc1cccc(OC2CS(=O)(=O)C2)c1. The molecule has 0 spiro atoms. The molecule has 5 heteroatoms. The van der Waals surface area contributed by atoms with Crippen molar-refractivity contribution in [2.75, 3.05) is 11.5 Å². The molecule has 1 aromatic carbocycles. The van der Waals surface area contributed by atoms with Gasteiger partial charge in [-0.15, -0.1) is 0 Å². The summed E-state index contributed by atoms with van der Waals surface area (Å²) in [4.78, 5) is 11.0. The maximum absolute atomic E-state index is 11.0. The summed E-state index contributed by atoms with van der Waals surface area (Å²) < 4.78 is 27.5. The van der Waals surface area contributed by atoms with Gasteiger partial charge in [-0.3, -0.25) is 4.79 Å². The number of benzene rings is 1. The molecule has 4 nitrogen and oxygen atoms in total. The van der Waals surface area contributed by atoms with Gasteiger partial charge < -0.3 is 4.74 Å². The van der Waals surface area contributed by atoms with Gasteiger partial charge in [-0.25, -0.2) is 8.42 Å². The average Bonchev–Trinajstić information content (AvgIpc) is 2.14. The summed E-state index contributed by atoms with van der Waals surface area (Å²) in [5, 5.41) is 0. The molecule has 0 atom stereocenters. The molecular formula is C12H14O4S. The van der Waals surface area contributed by atoms with Crippen LogP contribution >= 0.6 is 0 Å². The maximum Gasteiger partial charge on any atom is 0.157 e. The first kappa shape index (κ1) is 12.1. The van der Waals surface area contributed by atoms with Crippen LogP contribution in [0.2, 0.25) is 0 Å². The lowest BCUT2D eigenvalue weighted by atomic mass is 10.1. The van der Waals surface area contributed by atoms with E-state index in [4.69, 9.17) is 4.74 Å². The molecule has 0 bridgehead atoms. The molecule has 0 aromatic heterocycles. The Kier molecular flexibility index (Phi) is 3.19. The van der Waals surface area contributed by atoms with Crippen molar-refractivity contribution in [2.24, 2.45) is 0 Å². The van der Waals surface area contributed by atoms with Gasteiger partial charge in [-0.05, 0) is 24.6 Å². The van der Waals surface area contributed by atoms with Crippen LogP contribution in [0.15, 0.2) is 24.3 Å². The van der Waals surface area contributed by atoms with Gasteiger partial charge >= 0.3 is 0 Å². The van der Waals surface area contributed by atoms with E-state index in [9.17, 15) is 13.2 Å². The van der Waals surface area contributed by atoms with Crippen LogP contribution in [0, 0.1) is 0 Å². The van der Waals surface area contributed by atoms with Crippen molar-refractivity contribution >= 4 is 15.6 Å². The number of rotatable bonds is 4. The third-order valence-electron chi connectivity index (χ3n) is 2.53. The predicted molar refractivity (Wildman–Crippen MR) is 63.9 cm³/mol. The molecule has 0 amide bonds. The number of hydrogen-bond donors (Lipinski definition) is 0. The summed E-state index contributed by atoms with van der Waals surface area (Å²) in [6.07, 6.45) is 0.132. The maximum atomic E-state index is 11.0. The van der Waals surface area contributed by atoms with Crippen LogP contribution in [0.5, 0.6) is 5.75 Å². The number of carbonyl (C=O) groups is 1. The van der Waals surface area contributed by atoms with Gasteiger partial charge in [-0.1, -0.05) is 12.1 Å². The molecule has 1 fully saturated rings. The van der Waals surface area contributed by atoms with E-state index < -0.39 is 9.84 Å². The Bertz CT molecular complexity index is 521. The highest BCUT2D eigenvalue weighted by molar-refractivity contribution is 7.92. The summed E-state index contributed by atoms with van der Waals surface area (Å²) in [6.45, 7) is 1.53. The van der Waals surface area contributed by atoms with E-state index >= 15 is 0 Å². The molecular weight excluding hydrogens is 240 g/mol. The van der Waals surface area contributed by atoms with E-state index in [1.165, 1.54) is 6.92 Å². The molecule has 0 unspecified atom stereocenters. The number of ether oxygens (including phenoxy) is 1. The van der Waals surface area contributed by atoms with Gasteiger partial charge in [0, 0.05) is 6.42 Å². The Morgan fingerprint density at radius 3 is 2.71 bits per heavy atom. The second-order valence-corrected chi connectivity index (χ2v) is 6.50. The topological polar surface area (TPSA) is 60.4 Å². The van der Waals surface area contributed by atoms with Crippen LogP contribution in [-0.4, -0.2) is 31.8 Å². The van der Waals surface area contributed by atoms with E-state index in [1.54, 1.807) is 18.2 Å². The van der Waals surface area contributed by atoms with Gasteiger partial charge in [0.05, 0.1) is 11.5 Å². The Hall–Kier alpha value is -1.36. The second-order valence-electron chi connectivity index (χ2n) is 4.34. The Morgan fingerprint density at radius 1 is 1.41 bits per heavy atom. The predicted octanol–water partition coefficient (Wildman–Crippen LogP) is 0.994. The minimum atomic E-state index is -2.86. The van der Waals surface area contributed by atoms with Gasteiger partial charge in [0.15, 0.2) is 9.84 Å². The summed E-state index contributed by atoms with van der Waals surface area (Å²) in [5.41, 5.74) is 0.886. The lowest BCUT2D eigenvalue weighted by Crippen LogP contribution is -2.45. The van der Waals surface area contributed by atoms with E-state index in [0.717, 1.165) is 5.56 Å². The van der Waals surface area contributed by atoms with Gasteiger partial charge in [0.2, 0.25) is 0 Å². The van der Waals surface area contributed by atoms with E-state index in [-0.39, 0.29) is 23.4 Å². The van der Waals surface area contributed by atoms with Gasteiger partial charge in [0.1, 0.15) is 17.6 Å². The zero-order valence-electron chi connectivity index (χ0n) is 9.55. The summed E-state index contributed by atoms with van der Waals surface area (Å²) in [5.74, 6) is 0.894. The van der Waals surface area contributed by atoms with E-state index in [2.05, 4.69) is 0 Å². The van der Waals surface area contributed by atoms with Crippen LogP contribution < -0.4 is 4.74 Å². The number of hydrogen-bond acceptors (Lipinski definition) is 4. The first-order valence-electron chi connectivity index (χ1n) is 5.40. The highest BCUT2D eigenvalue weighted by Gasteiger charge is 2.35. The molecule has 0 radical (unpaired) electrons. The van der Waals surface area contributed by atoms with Crippen molar-refractivity contribution < 1.29 is 17.9 Å². The van der Waals surface area contributed by atoms with Gasteiger partial charge in [0.25, 0.3) is 0 Å². The molecule has 1 aliphatic rings. The number of carbonyl (C=O) groups excluding carboxylic acids is 1. The van der Waals surface area contributed by atoms with Crippen LogP contribution in [0.4, 0.5) is 0 Å². The molecule has 92 valence electrons. The van der Waals surface area contributed by atoms with Crippen LogP contribution in [0.25, 0.3) is 0 Å². The largest absolute Gasteiger partial charge is 0.488 e. The highest BCUT2D eigenvalue weighted by atomic mass is 32.2. The first-order valence-corrected chi connectivity index (χ1v) is 7.22. The molecule has 1 aromatic rings. The normalized spacial score (nSPS) is 18.4. The quantitative estimate of drug-likeness (QED) is 0.804. The first-order chi connectivity index (χ1) is 7.94. The van der Waals surface area contributed by atoms with Crippen molar-refractivity contribution in [1.29, 1.82) is 0 Å². The summed E-state index contributed by atoms with van der Waals surface area (Å²) in [7, 11) is -2.86. The fraction of sp³-hybridized carbons (Fsp3) is 0.417. The fourth-order valence-corrected chi connectivity index (χ4v) is 2.97. The minimum Gasteiger partial charge on any atom is -0.488 e. The third-order valence-corrected chi connectivity index (χ3v) is 4.29. The van der Waals surface area contributed by atoms with E-state index in [1.807, 2.05) is 6.07 Å². The minimum absolute atomic E-state index is 0.0872. The highest BCUT2D eigenvalue weighted by Crippen LogP contribution is 2.20. The van der Waals surface area contributed by atoms with Gasteiger partial charge in [-0.2, -0.15) is 0 Å². The van der Waals surface area contributed by atoms with Crippen molar-refractivity contribution in [3.63, 3.8) is 0 Å². The number of sulfone groups is 1. The van der Waals surface area contributed by atoms with Crippen molar-refractivity contribution in [1.82, 2.24) is 0 Å². The van der Waals surface area contributed by atoms with Crippen LogP contribution in [0.3, 0.4) is 0 Å². The molecule has 2 rings (SSSR count). The standard InChI is InChI=1S/C12H14O4S/c1-9(13)5-10-3-2-4-11(6-10)16-12-7-17(14,15)8-12/h2-4,6,12H,5,7-8H2,1H3. The zero-order chi connectivity index (χ0) is 12.5. The van der Waals surface area contributed by atoms with Crippen LogP contribution in [-0.2, 0) is 21.1 Å². The molecule has 0 N–H and O–H groups in total. The lowest BCUT2D eigenvalue weighted by molar-refractivity contribution is -0.116. The summed E-state index contributed by atoms with van der Waals surface area (Å²) in [6, 6.07) is 7.22.